The first-order chi connectivity index (χ1) is 13.5. The lowest BCUT2D eigenvalue weighted by Crippen LogP contribution is -2.39. The van der Waals surface area contributed by atoms with Gasteiger partial charge in [0.15, 0.2) is 6.10 Å². The smallest absolute Gasteiger partial charge is 0.225 e. The Labute approximate surface area is 164 Å². The Bertz CT molecular complexity index is 866. The zero-order valence-electron chi connectivity index (χ0n) is 16.4. The number of methoxy groups -OCH3 is 1. The van der Waals surface area contributed by atoms with Gasteiger partial charge < -0.3 is 14.5 Å². The molecule has 0 N–H and O–H groups in total. The highest BCUT2D eigenvalue weighted by Gasteiger charge is 2.28. The number of carbonyl (C=O) groups excluding carboxylic acids is 1. The lowest BCUT2D eigenvalue weighted by Gasteiger charge is -2.26. The summed E-state index contributed by atoms with van der Waals surface area (Å²) in [7, 11) is 1.62. The molecule has 0 bridgehead atoms. The van der Waals surface area contributed by atoms with E-state index in [2.05, 4.69) is 5.16 Å². The van der Waals surface area contributed by atoms with Crippen LogP contribution in [-0.4, -0.2) is 36.3 Å². The Morgan fingerprint density at radius 1 is 1.29 bits per heavy atom. The Morgan fingerprint density at radius 3 is 2.79 bits per heavy atom. The summed E-state index contributed by atoms with van der Waals surface area (Å²) < 4.78 is 18.7. The van der Waals surface area contributed by atoms with E-state index in [9.17, 15) is 9.18 Å². The van der Waals surface area contributed by atoms with Crippen LogP contribution in [0.2, 0.25) is 0 Å². The first-order valence-corrected chi connectivity index (χ1v) is 9.36. The average Bonchev–Trinajstić information content (AvgIpc) is 3.15. The van der Waals surface area contributed by atoms with Gasteiger partial charge in [0.2, 0.25) is 5.91 Å². The highest BCUT2D eigenvalue weighted by Crippen LogP contribution is 2.21. The Balaban J connectivity index is 1.69. The molecule has 0 fully saturated rings. The summed E-state index contributed by atoms with van der Waals surface area (Å²) in [4.78, 5) is 20.1. The third-order valence-corrected chi connectivity index (χ3v) is 4.63. The Kier molecular flexibility index (Phi) is 6.29. The largest absolute Gasteiger partial charge is 0.497 e. The van der Waals surface area contributed by atoms with Crippen molar-refractivity contribution in [2.24, 2.45) is 11.1 Å². The maximum absolute atomic E-state index is 13.5. The number of hydrogen-bond donors (Lipinski definition) is 0. The third kappa shape index (κ3) is 4.88. The summed E-state index contributed by atoms with van der Waals surface area (Å²) >= 11 is 0. The maximum Gasteiger partial charge on any atom is 0.225 e. The minimum Gasteiger partial charge on any atom is -0.497 e. The molecular formula is C22H25FN2O3. The molecule has 0 saturated heterocycles. The summed E-state index contributed by atoms with van der Waals surface area (Å²) in [6.45, 7) is 4.64. The van der Waals surface area contributed by atoms with Crippen LogP contribution >= 0.6 is 0 Å². The van der Waals surface area contributed by atoms with Crippen molar-refractivity contribution >= 4 is 11.6 Å². The Morgan fingerprint density at radius 2 is 2.07 bits per heavy atom. The lowest BCUT2D eigenvalue weighted by molar-refractivity contribution is -0.136. The molecule has 1 aliphatic rings. The van der Waals surface area contributed by atoms with E-state index in [0.717, 1.165) is 11.3 Å². The number of amides is 1. The molecule has 3 rings (SSSR count). The molecule has 0 radical (unpaired) electrons. The van der Waals surface area contributed by atoms with Crippen LogP contribution in [0.4, 0.5) is 4.39 Å². The van der Waals surface area contributed by atoms with Gasteiger partial charge in [-0.25, -0.2) is 4.39 Å². The topological polar surface area (TPSA) is 51.1 Å². The Hall–Kier alpha value is -2.89. The van der Waals surface area contributed by atoms with Gasteiger partial charge in [0.05, 0.1) is 19.4 Å². The molecule has 1 heterocycles. The van der Waals surface area contributed by atoms with Crippen LogP contribution in [0, 0.1) is 11.7 Å². The van der Waals surface area contributed by atoms with Crippen molar-refractivity contribution in [3.8, 4) is 5.75 Å². The van der Waals surface area contributed by atoms with Gasteiger partial charge in [-0.3, -0.25) is 4.79 Å². The highest BCUT2D eigenvalue weighted by molar-refractivity contribution is 6.01. The van der Waals surface area contributed by atoms with Crippen LogP contribution < -0.4 is 4.74 Å². The summed E-state index contributed by atoms with van der Waals surface area (Å²) in [5.41, 5.74) is 2.39. The van der Waals surface area contributed by atoms with Crippen LogP contribution in [-0.2, 0) is 16.2 Å². The van der Waals surface area contributed by atoms with E-state index in [1.54, 1.807) is 24.1 Å². The number of nitrogens with zero attached hydrogens (tertiary/aromatic N) is 2. The van der Waals surface area contributed by atoms with Gasteiger partial charge in [-0.05, 0) is 29.8 Å². The predicted molar refractivity (Wildman–Crippen MR) is 106 cm³/mol. The van der Waals surface area contributed by atoms with E-state index in [4.69, 9.17) is 9.57 Å². The second-order valence-corrected chi connectivity index (χ2v) is 7.20. The van der Waals surface area contributed by atoms with Crippen LogP contribution in [0.5, 0.6) is 5.75 Å². The van der Waals surface area contributed by atoms with Crippen molar-refractivity contribution in [1.29, 1.82) is 0 Å². The van der Waals surface area contributed by atoms with Crippen molar-refractivity contribution in [3.05, 3.63) is 65.5 Å². The molecule has 0 aliphatic carbocycles. The standard InChI is InChI=1S/C22H25FN2O3/c1-15(2)22(26)25(13-16-6-4-9-19(10-16)27-3)14-20-12-21(24-28-20)17-7-5-8-18(23)11-17/h4-11,15,20H,12-14H2,1-3H3/t20-/m0/s1. The average molecular weight is 384 g/mol. The van der Waals surface area contributed by atoms with Crippen molar-refractivity contribution in [3.63, 3.8) is 0 Å². The van der Waals surface area contributed by atoms with E-state index in [1.807, 2.05) is 38.1 Å². The second kappa shape index (κ2) is 8.87. The molecule has 1 amide bonds. The molecule has 5 nitrogen and oxygen atoms in total. The highest BCUT2D eigenvalue weighted by atomic mass is 19.1. The molecule has 6 heteroatoms. The summed E-state index contributed by atoms with van der Waals surface area (Å²) in [6, 6.07) is 14.0. The number of oxime groups is 1. The van der Waals surface area contributed by atoms with Gasteiger partial charge in [0.25, 0.3) is 0 Å². The predicted octanol–water partition coefficient (Wildman–Crippen LogP) is 4.01. The van der Waals surface area contributed by atoms with E-state index in [-0.39, 0.29) is 23.7 Å². The fourth-order valence-corrected chi connectivity index (χ4v) is 3.20. The minimum atomic E-state index is -0.307. The van der Waals surface area contributed by atoms with E-state index < -0.39 is 0 Å². The molecule has 2 aromatic carbocycles. The number of hydrogen-bond acceptors (Lipinski definition) is 4. The molecule has 1 atom stereocenters. The van der Waals surface area contributed by atoms with Gasteiger partial charge in [-0.15, -0.1) is 0 Å². The van der Waals surface area contributed by atoms with E-state index in [1.165, 1.54) is 12.1 Å². The van der Waals surface area contributed by atoms with Crippen molar-refractivity contribution < 1.29 is 18.8 Å². The summed E-state index contributed by atoms with van der Waals surface area (Å²) in [6.07, 6.45) is 0.273. The SMILES string of the molecule is COc1cccc(CN(C[C@@H]2CC(c3cccc(F)c3)=NO2)C(=O)C(C)C)c1. The number of rotatable bonds is 7. The molecule has 1 aliphatic heterocycles. The van der Waals surface area contributed by atoms with Gasteiger partial charge in [0.1, 0.15) is 11.6 Å². The molecule has 0 aromatic heterocycles. The van der Waals surface area contributed by atoms with Crippen LogP contribution in [0.25, 0.3) is 0 Å². The number of halogens is 1. The molecule has 0 saturated carbocycles. The van der Waals surface area contributed by atoms with Gasteiger partial charge in [-0.2, -0.15) is 0 Å². The van der Waals surface area contributed by atoms with Crippen LogP contribution in [0.1, 0.15) is 31.4 Å². The maximum atomic E-state index is 13.5. The lowest BCUT2D eigenvalue weighted by atomic mass is 10.0. The molecule has 148 valence electrons. The molecular weight excluding hydrogens is 359 g/mol. The number of ether oxygens (including phenoxy) is 1. The molecule has 0 unspecified atom stereocenters. The third-order valence-electron chi connectivity index (χ3n) is 4.63. The van der Waals surface area contributed by atoms with Crippen molar-refractivity contribution in [2.45, 2.75) is 32.9 Å². The van der Waals surface area contributed by atoms with Crippen molar-refractivity contribution in [2.75, 3.05) is 13.7 Å². The monoisotopic (exact) mass is 384 g/mol. The summed E-state index contributed by atoms with van der Waals surface area (Å²) in [5, 5.41) is 4.11. The van der Waals surface area contributed by atoms with Crippen LogP contribution in [0.3, 0.4) is 0 Å². The quantitative estimate of drug-likeness (QED) is 0.725. The number of benzene rings is 2. The van der Waals surface area contributed by atoms with Gasteiger partial charge >= 0.3 is 0 Å². The fraction of sp³-hybridized carbons (Fsp3) is 0.364. The first-order valence-electron chi connectivity index (χ1n) is 9.36. The summed E-state index contributed by atoms with van der Waals surface area (Å²) in [5.74, 6) is 0.364. The minimum absolute atomic E-state index is 0.0469. The fourth-order valence-electron chi connectivity index (χ4n) is 3.20. The molecule has 0 spiro atoms. The first kappa shape index (κ1) is 19.9. The zero-order chi connectivity index (χ0) is 20.1. The van der Waals surface area contributed by atoms with Crippen LogP contribution in [0.15, 0.2) is 53.7 Å². The van der Waals surface area contributed by atoms with Crippen molar-refractivity contribution in [1.82, 2.24) is 4.90 Å². The second-order valence-electron chi connectivity index (χ2n) is 7.20. The van der Waals surface area contributed by atoms with Gasteiger partial charge in [0, 0.05) is 24.4 Å². The molecule has 2 aromatic rings. The normalized spacial score (nSPS) is 15.9. The van der Waals surface area contributed by atoms with Gasteiger partial charge in [-0.1, -0.05) is 43.3 Å². The van der Waals surface area contributed by atoms with E-state index in [0.29, 0.717) is 30.8 Å². The van der Waals surface area contributed by atoms with E-state index >= 15 is 0 Å². The number of carbonyl (C=O) groups is 1. The zero-order valence-corrected chi connectivity index (χ0v) is 16.4. The molecule has 28 heavy (non-hydrogen) atoms.